The number of hydrogen-bond acceptors (Lipinski definition) is 3. The Morgan fingerprint density at radius 1 is 1.32 bits per heavy atom. The number of carbonyl (C=O) groups is 1. The second-order valence-electron chi connectivity index (χ2n) is 4.16. The Bertz CT molecular complexity index is 622. The second-order valence-corrected chi connectivity index (χ2v) is 4.98. The largest absolute Gasteiger partial charge is 0.298 e. The zero-order valence-electron chi connectivity index (χ0n) is 10.7. The lowest BCUT2D eigenvalue weighted by Gasteiger charge is -2.05. The summed E-state index contributed by atoms with van der Waals surface area (Å²) in [5.41, 5.74) is 0.791. The highest BCUT2D eigenvalue weighted by atomic mass is 35.5. The minimum absolute atomic E-state index is 0.103. The zero-order valence-corrected chi connectivity index (χ0v) is 12.2. The number of nitrogens with zero attached hydrogens (tertiary/aromatic N) is 3. The van der Waals surface area contributed by atoms with Gasteiger partial charge in [0.2, 0.25) is 0 Å². The maximum Gasteiger partial charge on any atom is 0.158 e. The van der Waals surface area contributed by atoms with Crippen molar-refractivity contribution in [2.45, 2.75) is 26.8 Å². The lowest BCUT2D eigenvalue weighted by Crippen LogP contribution is -2.11. The van der Waals surface area contributed by atoms with Crippen molar-refractivity contribution in [3.8, 4) is 11.4 Å². The van der Waals surface area contributed by atoms with Crippen molar-refractivity contribution in [3.05, 3.63) is 34.1 Å². The van der Waals surface area contributed by atoms with Crippen LogP contribution in [0.4, 0.5) is 0 Å². The maximum atomic E-state index is 11.6. The fourth-order valence-electron chi connectivity index (χ4n) is 1.69. The molecule has 0 aliphatic heterocycles. The van der Waals surface area contributed by atoms with E-state index < -0.39 is 0 Å². The fraction of sp³-hybridized carbons (Fsp3) is 0.308. The third kappa shape index (κ3) is 3.14. The lowest BCUT2D eigenvalue weighted by atomic mass is 10.2. The van der Waals surface area contributed by atoms with Crippen molar-refractivity contribution in [1.29, 1.82) is 0 Å². The van der Waals surface area contributed by atoms with Crippen molar-refractivity contribution >= 4 is 29.0 Å². The molecule has 1 aromatic heterocycles. The Hall–Kier alpha value is -1.39. The van der Waals surface area contributed by atoms with Crippen LogP contribution in [0.2, 0.25) is 10.0 Å². The average Bonchev–Trinajstić information content (AvgIpc) is 2.73. The first-order valence-electron chi connectivity index (χ1n) is 5.89. The molecule has 0 atom stereocenters. The van der Waals surface area contributed by atoms with E-state index in [1.807, 2.05) is 13.0 Å². The summed E-state index contributed by atoms with van der Waals surface area (Å²) in [6.45, 7) is 3.83. The summed E-state index contributed by atoms with van der Waals surface area (Å²) in [6, 6.07) is 5.24. The van der Waals surface area contributed by atoms with Crippen LogP contribution in [0.5, 0.6) is 0 Å². The number of Topliss-reactive ketones (excluding diaryl/α,β-unsaturated/α-hetero) is 1. The Morgan fingerprint density at radius 3 is 2.68 bits per heavy atom. The summed E-state index contributed by atoms with van der Waals surface area (Å²) in [4.78, 5) is 15.9. The summed E-state index contributed by atoms with van der Waals surface area (Å²) in [7, 11) is 0. The highest BCUT2D eigenvalue weighted by Gasteiger charge is 2.13. The van der Waals surface area contributed by atoms with Gasteiger partial charge >= 0.3 is 0 Å². The number of benzene rings is 1. The minimum Gasteiger partial charge on any atom is -0.298 e. The molecule has 0 aliphatic carbocycles. The van der Waals surface area contributed by atoms with E-state index in [1.165, 1.54) is 0 Å². The number of aromatic nitrogens is 3. The van der Waals surface area contributed by atoms with Crippen molar-refractivity contribution in [2.24, 2.45) is 0 Å². The van der Waals surface area contributed by atoms with Crippen LogP contribution in [0.3, 0.4) is 0 Å². The lowest BCUT2D eigenvalue weighted by molar-refractivity contribution is -0.119. The van der Waals surface area contributed by atoms with Gasteiger partial charge in [-0.3, -0.25) is 4.79 Å². The molecular weight excluding hydrogens is 285 g/mol. The molecule has 0 spiro atoms. The molecular formula is C13H13Cl2N3O. The topological polar surface area (TPSA) is 47.8 Å². The number of rotatable bonds is 4. The van der Waals surface area contributed by atoms with Crippen LogP contribution in [0, 0.1) is 6.92 Å². The summed E-state index contributed by atoms with van der Waals surface area (Å²) < 4.78 is 1.60. The predicted octanol–water partition coefficient (Wildman–Crippen LogP) is 3.54. The van der Waals surface area contributed by atoms with E-state index in [0.717, 1.165) is 5.56 Å². The minimum atomic E-state index is 0.103. The van der Waals surface area contributed by atoms with Crippen LogP contribution in [0.1, 0.15) is 19.2 Å². The molecule has 0 radical (unpaired) electrons. The maximum absolute atomic E-state index is 11.6. The van der Waals surface area contributed by atoms with Crippen molar-refractivity contribution in [3.63, 3.8) is 0 Å². The molecule has 0 unspecified atom stereocenters. The molecule has 0 fully saturated rings. The second kappa shape index (κ2) is 5.72. The number of hydrogen-bond donors (Lipinski definition) is 0. The first-order valence-corrected chi connectivity index (χ1v) is 6.65. The molecule has 2 aromatic rings. The zero-order chi connectivity index (χ0) is 14.0. The van der Waals surface area contributed by atoms with Crippen LogP contribution >= 0.6 is 23.2 Å². The molecule has 0 saturated carbocycles. The van der Waals surface area contributed by atoms with E-state index in [2.05, 4.69) is 10.1 Å². The Morgan fingerprint density at radius 2 is 2.05 bits per heavy atom. The SMILES string of the molecule is CCC(=O)Cn1nc(C)nc1-c1ccc(Cl)c(Cl)c1. The first-order chi connectivity index (χ1) is 9.01. The van der Waals surface area contributed by atoms with Gasteiger partial charge in [-0.05, 0) is 25.1 Å². The van der Waals surface area contributed by atoms with Gasteiger partial charge in [0.25, 0.3) is 0 Å². The smallest absolute Gasteiger partial charge is 0.158 e. The normalized spacial score (nSPS) is 10.7. The van der Waals surface area contributed by atoms with Crippen molar-refractivity contribution in [2.75, 3.05) is 0 Å². The van der Waals surface area contributed by atoms with E-state index in [9.17, 15) is 4.79 Å². The Labute approximate surface area is 121 Å². The Kier molecular flexibility index (Phi) is 4.22. The number of ketones is 1. The summed E-state index contributed by atoms with van der Waals surface area (Å²) >= 11 is 11.9. The predicted molar refractivity (Wildman–Crippen MR) is 75.5 cm³/mol. The van der Waals surface area contributed by atoms with Crippen LogP contribution in [0.15, 0.2) is 18.2 Å². The highest BCUT2D eigenvalue weighted by molar-refractivity contribution is 6.42. The molecule has 1 aromatic carbocycles. The molecule has 0 amide bonds. The van der Waals surface area contributed by atoms with Gasteiger partial charge in [0.1, 0.15) is 12.4 Å². The van der Waals surface area contributed by atoms with Gasteiger partial charge in [-0.25, -0.2) is 9.67 Å². The monoisotopic (exact) mass is 297 g/mol. The highest BCUT2D eigenvalue weighted by Crippen LogP contribution is 2.27. The molecule has 2 rings (SSSR count). The van der Waals surface area contributed by atoms with Crippen LogP contribution in [0.25, 0.3) is 11.4 Å². The molecule has 1 heterocycles. The van der Waals surface area contributed by atoms with Gasteiger partial charge in [-0.15, -0.1) is 0 Å². The molecule has 19 heavy (non-hydrogen) atoms. The molecule has 6 heteroatoms. The number of halogens is 2. The van der Waals surface area contributed by atoms with Crippen LogP contribution in [-0.2, 0) is 11.3 Å². The van der Waals surface area contributed by atoms with Gasteiger partial charge in [0.05, 0.1) is 10.0 Å². The number of aryl methyl sites for hydroxylation is 1. The van der Waals surface area contributed by atoms with Gasteiger partial charge in [0.15, 0.2) is 11.6 Å². The fourth-order valence-corrected chi connectivity index (χ4v) is 1.99. The third-order valence-corrected chi connectivity index (χ3v) is 3.41. The van der Waals surface area contributed by atoms with Gasteiger partial charge in [-0.1, -0.05) is 30.1 Å². The van der Waals surface area contributed by atoms with E-state index >= 15 is 0 Å². The van der Waals surface area contributed by atoms with E-state index in [-0.39, 0.29) is 12.3 Å². The molecule has 0 N–H and O–H groups in total. The van der Waals surface area contributed by atoms with Crippen LogP contribution in [-0.4, -0.2) is 20.5 Å². The Balaban J connectivity index is 2.43. The summed E-state index contributed by atoms with van der Waals surface area (Å²) in [5, 5.41) is 5.17. The van der Waals surface area contributed by atoms with E-state index in [1.54, 1.807) is 23.7 Å². The average molecular weight is 298 g/mol. The number of carbonyl (C=O) groups excluding carboxylic acids is 1. The standard InChI is InChI=1S/C13H13Cl2N3O/c1-3-10(19)7-18-13(16-8(2)17-18)9-4-5-11(14)12(15)6-9/h4-6H,3,7H2,1-2H3. The molecule has 0 bridgehead atoms. The van der Waals surface area contributed by atoms with Gasteiger partial charge < -0.3 is 0 Å². The van der Waals surface area contributed by atoms with Crippen molar-refractivity contribution < 1.29 is 4.79 Å². The third-order valence-electron chi connectivity index (χ3n) is 2.68. The molecule has 100 valence electrons. The molecule has 4 nitrogen and oxygen atoms in total. The quantitative estimate of drug-likeness (QED) is 0.867. The van der Waals surface area contributed by atoms with Crippen LogP contribution < -0.4 is 0 Å². The van der Waals surface area contributed by atoms with E-state index in [0.29, 0.717) is 28.1 Å². The summed E-state index contributed by atoms with van der Waals surface area (Å²) in [6.07, 6.45) is 0.472. The first kappa shape index (κ1) is 14.0. The molecule has 0 aliphatic rings. The van der Waals surface area contributed by atoms with E-state index in [4.69, 9.17) is 23.2 Å². The molecule has 0 saturated heterocycles. The van der Waals surface area contributed by atoms with Gasteiger partial charge in [-0.2, -0.15) is 5.10 Å². The summed E-state index contributed by atoms with van der Waals surface area (Å²) in [5.74, 6) is 1.34. The van der Waals surface area contributed by atoms with Crippen molar-refractivity contribution in [1.82, 2.24) is 14.8 Å². The van der Waals surface area contributed by atoms with Gasteiger partial charge in [0, 0.05) is 12.0 Å².